The normalized spacial score (nSPS) is 10.8. The Morgan fingerprint density at radius 1 is 1.35 bits per heavy atom. The second kappa shape index (κ2) is 4.06. The molecule has 0 amide bonds. The molecule has 1 heterocycles. The van der Waals surface area contributed by atoms with Gasteiger partial charge in [0.1, 0.15) is 17.2 Å². The molecule has 0 saturated carbocycles. The van der Waals surface area contributed by atoms with Gasteiger partial charge in [-0.3, -0.25) is 0 Å². The van der Waals surface area contributed by atoms with Crippen molar-refractivity contribution in [2.24, 2.45) is 0 Å². The van der Waals surface area contributed by atoms with Gasteiger partial charge in [-0.1, -0.05) is 25.5 Å². The molecule has 0 radical (unpaired) electrons. The lowest BCUT2D eigenvalue weighted by molar-refractivity contribution is 0.554. The van der Waals surface area contributed by atoms with E-state index < -0.39 is 5.63 Å². The van der Waals surface area contributed by atoms with Gasteiger partial charge in [-0.25, -0.2) is 4.79 Å². The zero-order chi connectivity index (χ0) is 12.6. The van der Waals surface area contributed by atoms with Gasteiger partial charge in [0.15, 0.2) is 0 Å². The fraction of sp³-hybridized carbons (Fsp3) is 0.286. The highest BCUT2D eigenvalue weighted by Gasteiger charge is 2.16. The average molecular weight is 227 g/mol. The second-order valence-corrected chi connectivity index (χ2v) is 4.44. The van der Waals surface area contributed by atoms with Gasteiger partial charge in [-0.15, -0.1) is 0 Å². The van der Waals surface area contributed by atoms with Crippen molar-refractivity contribution in [1.82, 2.24) is 0 Å². The van der Waals surface area contributed by atoms with Crippen molar-refractivity contribution in [3.8, 4) is 6.07 Å². The van der Waals surface area contributed by atoms with Crippen LogP contribution in [0.3, 0.4) is 0 Å². The van der Waals surface area contributed by atoms with Crippen LogP contribution < -0.4 is 5.63 Å². The highest BCUT2D eigenvalue weighted by molar-refractivity contribution is 5.83. The molecule has 86 valence electrons. The Morgan fingerprint density at radius 2 is 2.06 bits per heavy atom. The number of nitrogens with zero attached hydrogens (tertiary/aromatic N) is 1. The van der Waals surface area contributed by atoms with Crippen LogP contribution in [0.15, 0.2) is 27.4 Å². The summed E-state index contributed by atoms with van der Waals surface area (Å²) in [7, 11) is 0. The van der Waals surface area contributed by atoms with Crippen molar-refractivity contribution in [1.29, 1.82) is 5.26 Å². The predicted molar refractivity (Wildman–Crippen MR) is 66.0 cm³/mol. The SMILES string of the molecule is Cc1ccc2oc(=O)c(C#N)c(C(C)C)c2c1. The monoisotopic (exact) mass is 227 g/mol. The van der Waals surface area contributed by atoms with Gasteiger partial charge in [-0.05, 0) is 30.5 Å². The van der Waals surface area contributed by atoms with Crippen molar-refractivity contribution < 1.29 is 4.42 Å². The molecule has 3 heteroatoms. The summed E-state index contributed by atoms with van der Waals surface area (Å²) in [6, 6.07) is 7.57. The number of hydrogen-bond acceptors (Lipinski definition) is 3. The Balaban J connectivity index is 3.01. The summed E-state index contributed by atoms with van der Waals surface area (Å²) < 4.78 is 5.15. The molecule has 0 N–H and O–H groups in total. The highest BCUT2D eigenvalue weighted by atomic mass is 16.4. The van der Waals surface area contributed by atoms with Gasteiger partial charge in [0.25, 0.3) is 0 Å². The molecule has 1 aromatic carbocycles. The summed E-state index contributed by atoms with van der Waals surface area (Å²) in [5, 5.41) is 9.92. The molecule has 0 bridgehead atoms. The molecule has 17 heavy (non-hydrogen) atoms. The Kier molecular flexibility index (Phi) is 2.72. The molecule has 0 aliphatic rings. The molecule has 1 aromatic heterocycles. The molecule has 2 rings (SSSR count). The average Bonchev–Trinajstić information content (AvgIpc) is 2.27. The minimum atomic E-state index is -0.549. The molecule has 3 nitrogen and oxygen atoms in total. The van der Waals surface area contributed by atoms with E-state index in [0.29, 0.717) is 5.58 Å². The van der Waals surface area contributed by atoms with Crippen LogP contribution in [0.25, 0.3) is 11.0 Å². The first-order valence-electron chi connectivity index (χ1n) is 5.52. The molecule has 2 aromatic rings. The van der Waals surface area contributed by atoms with E-state index >= 15 is 0 Å². The van der Waals surface area contributed by atoms with E-state index in [2.05, 4.69) is 0 Å². The third kappa shape index (κ3) is 1.83. The largest absolute Gasteiger partial charge is 0.422 e. The number of benzene rings is 1. The summed E-state index contributed by atoms with van der Waals surface area (Å²) in [6.07, 6.45) is 0. The maximum Gasteiger partial charge on any atom is 0.354 e. The molecular weight excluding hydrogens is 214 g/mol. The van der Waals surface area contributed by atoms with Crippen LogP contribution in [0, 0.1) is 18.3 Å². The van der Waals surface area contributed by atoms with E-state index in [1.54, 1.807) is 6.07 Å². The minimum Gasteiger partial charge on any atom is -0.422 e. The smallest absolute Gasteiger partial charge is 0.354 e. The van der Waals surface area contributed by atoms with Crippen LogP contribution in [0.2, 0.25) is 0 Å². The number of rotatable bonds is 1. The lowest BCUT2D eigenvalue weighted by Gasteiger charge is -2.10. The molecule has 0 atom stereocenters. The van der Waals surface area contributed by atoms with Crippen LogP contribution in [-0.4, -0.2) is 0 Å². The Morgan fingerprint density at radius 3 is 2.65 bits per heavy atom. The van der Waals surface area contributed by atoms with Gasteiger partial charge >= 0.3 is 5.63 Å². The predicted octanol–water partition coefficient (Wildman–Crippen LogP) is 3.10. The summed E-state index contributed by atoms with van der Waals surface area (Å²) in [5.74, 6) is 0.109. The maximum atomic E-state index is 11.7. The number of hydrogen-bond donors (Lipinski definition) is 0. The molecule has 0 fully saturated rings. The molecule has 0 spiro atoms. The maximum absolute atomic E-state index is 11.7. The summed E-state index contributed by atoms with van der Waals surface area (Å²) in [5.41, 5.74) is 1.98. The van der Waals surface area contributed by atoms with E-state index in [9.17, 15) is 4.79 Å². The number of aryl methyl sites for hydroxylation is 1. The summed E-state index contributed by atoms with van der Waals surface area (Å²) in [6.45, 7) is 5.91. The van der Waals surface area contributed by atoms with E-state index in [1.807, 2.05) is 39.0 Å². The summed E-state index contributed by atoms with van der Waals surface area (Å²) in [4.78, 5) is 11.7. The van der Waals surface area contributed by atoms with E-state index in [-0.39, 0.29) is 11.5 Å². The highest BCUT2D eigenvalue weighted by Crippen LogP contribution is 2.27. The first kappa shape index (κ1) is 11.4. The standard InChI is InChI=1S/C14H13NO2/c1-8(2)13-10-6-9(3)4-5-12(10)17-14(16)11(13)7-15/h4-6,8H,1-3H3. The van der Waals surface area contributed by atoms with Gasteiger partial charge in [0.2, 0.25) is 0 Å². The van der Waals surface area contributed by atoms with Gasteiger partial charge in [0, 0.05) is 5.39 Å². The summed E-state index contributed by atoms with van der Waals surface area (Å²) >= 11 is 0. The Bertz CT molecular complexity index is 675. The Hall–Kier alpha value is -2.08. The van der Waals surface area contributed by atoms with Crippen molar-refractivity contribution in [3.05, 3.63) is 45.3 Å². The van der Waals surface area contributed by atoms with Gasteiger partial charge in [0.05, 0.1) is 0 Å². The minimum absolute atomic E-state index is 0.109. The molecule has 0 unspecified atom stereocenters. The topological polar surface area (TPSA) is 54.0 Å². The van der Waals surface area contributed by atoms with E-state index in [4.69, 9.17) is 9.68 Å². The lowest BCUT2D eigenvalue weighted by Crippen LogP contribution is -2.10. The fourth-order valence-electron chi connectivity index (χ4n) is 2.04. The van der Waals surface area contributed by atoms with Crippen LogP contribution >= 0.6 is 0 Å². The van der Waals surface area contributed by atoms with E-state index in [0.717, 1.165) is 16.5 Å². The first-order chi connectivity index (χ1) is 8.04. The van der Waals surface area contributed by atoms with Crippen LogP contribution in [-0.2, 0) is 0 Å². The molecule has 0 saturated heterocycles. The zero-order valence-corrected chi connectivity index (χ0v) is 10.1. The molecular formula is C14H13NO2. The fourth-order valence-corrected chi connectivity index (χ4v) is 2.04. The second-order valence-electron chi connectivity index (χ2n) is 4.44. The van der Waals surface area contributed by atoms with Crippen molar-refractivity contribution in [2.75, 3.05) is 0 Å². The number of fused-ring (bicyclic) bond motifs is 1. The molecule has 0 aliphatic heterocycles. The quantitative estimate of drug-likeness (QED) is 0.703. The first-order valence-corrected chi connectivity index (χ1v) is 5.52. The van der Waals surface area contributed by atoms with Crippen LogP contribution in [0.1, 0.15) is 36.5 Å². The van der Waals surface area contributed by atoms with Crippen molar-refractivity contribution in [2.45, 2.75) is 26.7 Å². The van der Waals surface area contributed by atoms with Gasteiger partial charge in [-0.2, -0.15) is 5.26 Å². The lowest BCUT2D eigenvalue weighted by atomic mass is 9.94. The molecule has 0 aliphatic carbocycles. The zero-order valence-electron chi connectivity index (χ0n) is 10.1. The van der Waals surface area contributed by atoms with Crippen LogP contribution in [0.5, 0.6) is 0 Å². The third-order valence-corrected chi connectivity index (χ3v) is 2.79. The number of nitriles is 1. The van der Waals surface area contributed by atoms with Gasteiger partial charge < -0.3 is 4.42 Å². The van der Waals surface area contributed by atoms with Crippen LogP contribution in [0.4, 0.5) is 0 Å². The Labute approximate surface area is 99.3 Å². The van der Waals surface area contributed by atoms with Crippen molar-refractivity contribution in [3.63, 3.8) is 0 Å². The van der Waals surface area contributed by atoms with Crippen molar-refractivity contribution >= 4 is 11.0 Å². The van der Waals surface area contributed by atoms with E-state index in [1.165, 1.54) is 0 Å². The third-order valence-electron chi connectivity index (χ3n) is 2.79.